The third-order valence-corrected chi connectivity index (χ3v) is 2.52. The molecule has 0 aliphatic carbocycles. The number of rotatable bonds is 1. The largest absolute Gasteiger partial charge is 0.281 e. The molecular weight excluding hydrogens is 310 g/mol. The summed E-state index contributed by atoms with van der Waals surface area (Å²) < 4.78 is 24.8. The Bertz CT molecular complexity index is 373. The van der Waals surface area contributed by atoms with Crippen molar-refractivity contribution in [1.29, 1.82) is 5.26 Å². The van der Waals surface area contributed by atoms with Gasteiger partial charge in [-0.05, 0) is 37.9 Å². The monoisotopic (exact) mass is 310 g/mol. The average molecular weight is 312 g/mol. The molecule has 1 heterocycles. The Morgan fingerprint density at radius 3 is 2.54 bits per heavy atom. The van der Waals surface area contributed by atoms with E-state index in [1.165, 1.54) is 6.07 Å². The molecule has 0 N–H and O–H groups in total. The highest BCUT2D eigenvalue weighted by molar-refractivity contribution is 9.11. The number of aromatic nitrogens is 1. The number of nitriles is 1. The Balaban J connectivity index is 3.31. The first-order chi connectivity index (χ1) is 6.06. The van der Waals surface area contributed by atoms with Crippen molar-refractivity contribution in [2.75, 3.05) is 0 Å². The van der Waals surface area contributed by atoms with Gasteiger partial charge in [-0.2, -0.15) is 5.26 Å². The molecule has 0 bridgehead atoms. The highest BCUT2D eigenvalue weighted by Crippen LogP contribution is 2.28. The van der Waals surface area contributed by atoms with Gasteiger partial charge >= 0.3 is 0 Å². The zero-order valence-electron chi connectivity index (χ0n) is 6.06. The average Bonchev–Trinajstić information content (AvgIpc) is 2.07. The van der Waals surface area contributed by atoms with E-state index in [9.17, 15) is 8.78 Å². The van der Waals surface area contributed by atoms with Gasteiger partial charge in [0.25, 0.3) is 6.43 Å². The summed E-state index contributed by atoms with van der Waals surface area (Å²) in [6.07, 6.45) is -2.65. The Labute approximate surface area is 89.8 Å². The molecule has 1 aromatic heterocycles. The maximum absolute atomic E-state index is 12.2. The lowest BCUT2D eigenvalue weighted by Crippen LogP contribution is -1.94. The van der Waals surface area contributed by atoms with Crippen LogP contribution in [-0.2, 0) is 0 Å². The van der Waals surface area contributed by atoms with Crippen LogP contribution in [0, 0.1) is 11.3 Å². The Morgan fingerprint density at radius 2 is 2.08 bits per heavy atom. The van der Waals surface area contributed by atoms with Gasteiger partial charge in [0.15, 0.2) is 0 Å². The lowest BCUT2D eigenvalue weighted by Gasteiger charge is -2.03. The van der Waals surface area contributed by atoms with E-state index >= 15 is 0 Å². The summed E-state index contributed by atoms with van der Waals surface area (Å²) in [6, 6.07) is 3.12. The van der Waals surface area contributed by atoms with Crippen molar-refractivity contribution >= 4 is 31.9 Å². The van der Waals surface area contributed by atoms with Crippen molar-refractivity contribution in [3.05, 3.63) is 26.4 Å². The fourth-order valence-corrected chi connectivity index (χ4v) is 1.60. The molecule has 0 unspecified atom stereocenters. The molecule has 68 valence electrons. The Hall–Kier alpha value is -0.540. The molecule has 0 aromatic carbocycles. The van der Waals surface area contributed by atoms with Crippen LogP contribution in [0.2, 0.25) is 0 Å². The fraction of sp³-hybridized carbons (Fsp3) is 0.143. The summed E-state index contributed by atoms with van der Waals surface area (Å²) in [5.41, 5.74) is -0.151. The zero-order chi connectivity index (χ0) is 10.0. The molecule has 13 heavy (non-hydrogen) atoms. The first-order valence-corrected chi connectivity index (χ1v) is 4.69. The third kappa shape index (κ3) is 2.23. The predicted molar refractivity (Wildman–Crippen MR) is 49.3 cm³/mol. The Morgan fingerprint density at radius 1 is 1.46 bits per heavy atom. The van der Waals surface area contributed by atoms with Crippen molar-refractivity contribution < 1.29 is 8.78 Å². The van der Waals surface area contributed by atoms with E-state index in [-0.39, 0.29) is 20.3 Å². The third-order valence-electron chi connectivity index (χ3n) is 1.28. The minimum atomic E-state index is -2.65. The van der Waals surface area contributed by atoms with Gasteiger partial charge in [0.05, 0.1) is 5.56 Å². The van der Waals surface area contributed by atoms with Gasteiger partial charge < -0.3 is 0 Å². The number of alkyl halides is 2. The molecule has 1 rings (SSSR count). The van der Waals surface area contributed by atoms with Gasteiger partial charge in [-0.3, -0.25) is 0 Å². The van der Waals surface area contributed by atoms with Crippen LogP contribution in [0.3, 0.4) is 0 Å². The second-order valence-electron chi connectivity index (χ2n) is 2.11. The molecule has 0 saturated heterocycles. The maximum atomic E-state index is 12.2. The van der Waals surface area contributed by atoms with Crippen molar-refractivity contribution in [3.63, 3.8) is 0 Å². The summed E-state index contributed by atoms with van der Waals surface area (Å²) in [5, 5.41) is 8.54. The molecule has 0 fully saturated rings. The second-order valence-corrected chi connectivity index (χ2v) is 3.71. The lowest BCUT2D eigenvalue weighted by molar-refractivity contribution is 0.145. The van der Waals surface area contributed by atoms with E-state index in [2.05, 4.69) is 36.8 Å². The smallest absolute Gasteiger partial charge is 0.237 e. The molecule has 0 atom stereocenters. The maximum Gasteiger partial charge on any atom is 0.281 e. The van der Waals surface area contributed by atoms with Gasteiger partial charge in [-0.15, -0.1) is 0 Å². The van der Waals surface area contributed by atoms with Gasteiger partial charge in [0, 0.05) is 4.47 Å². The van der Waals surface area contributed by atoms with E-state index in [0.29, 0.717) is 0 Å². The van der Waals surface area contributed by atoms with Crippen molar-refractivity contribution in [1.82, 2.24) is 4.98 Å². The summed E-state index contributed by atoms with van der Waals surface area (Å²) in [6.45, 7) is 0. The van der Waals surface area contributed by atoms with Crippen molar-refractivity contribution in [2.45, 2.75) is 6.43 Å². The second kappa shape index (κ2) is 4.11. The Kier molecular flexibility index (Phi) is 3.33. The molecule has 1 aromatic rings. The fourth-order valence-electron chi connectivity index (χ4n) is 0.711. The van der Waals surface area contributed by atoms with Crippen LogP contribution in [-0.4, -0.2) is 4.98 Å². The summed E-state index contributed by atoms with van der Waals surface area (Å²) in [4.78, 5) is 3.54. The highest BCUT2D eigenvalue weighted by atomic mass is 79.9. The number of hydrogen-bond acceptors (Lipinski definition) is 2. The lowest BCUT2D eigenvalue weighted by atomic mass is 10.3. The summed E-state index contributed by atoms with van der Waals surface area (Å²) in [5.74, 6) is 0. The molecule has 0 aliphatic rings. The zero-order valence-corrected chi connectivity index (χ0v) is 9.23. The molecule has 0 spiro atoms. The molecular formula is C7H2Br2F2N2. The summed E-state index contributed by atoms with van der Waals surface area (Å²) in [7, 11) is 0. The van der Waals surface area contributed by atoms with Crippen LogP contribution in [0.5, 0.6) is 0 Å². The van der Waals surface area contributed by atoms with E-state index in [0.717, 1.165) is 0 Å². The standard InChI is InChI=1S/C7H2Br2F2N2/c8-4-1-3(2-12)6(9)13-5(4)7(10)11/h1,7H. The van der Waals surface area contributed by atoms with E-state index in [1.807, 2.05) is 6.07 Å². The minimum Gasteiger partial charge on any atom is -0.237 e. The molecule has 6 heteroatoms. The molecule has 0 saturated carbocycles. The van der Waals surface area contributed by atoms with Crippen LogP contribution < -0.4 is 0 Å². The molecule has 2 nitrogen and oxygen atoms in total. The molecule has 0 radical (unpaired) electrons. The van der Waals surface area contributed by atoms with Crippen LogP contribution in [0.1, 0.15) is 17.7 Å². The normalized spacial score (nSPS) is 10.2. The topological polar surface area (TPSA) is 36.7 Å². The van der Waals surface area contributed by atoms with Gasteiger partial charge in [0.2, 0.25) is 0 Å². The highest BCUT2D eigenvalue weighted by Gasteiger charge is 2.16. The van der Waals surface area contributed by atoms with Gasteiger partial charge in [-0.1, -0.05) is 0 Å². The SMILES string of the molecule is N#Cc1cc(Br)c(C(F)F)nc1Br. The predicted octanol–water partition coefficient (Wildman–Crippen LogP) is 3.42. The number of hydrogen-bond donors (Lipinski definition) is 0. The van der Waals surface area contributed by atoms with Crippen LogP contribution in [0.4, 0.5) is 8.78 Å². The van der Waals surface area contributed by atoms with Crippen LogP contribution in [0.15, 0.2) is 15.1 Å². The number of pyridine rings is 1. The summed E-state index contributed by atoms with van der Waals surface area (Å²) >= 11 is 5.83. The quantitative estimate of drug-likeness (QED) is 0.745. The van der Waals surface area contributed by atoms with Crippen molar-refractivity contribution in [2.24, 2.45) is 0 Å². The van der Waals surface area contributed by atoms with Crippen molar-refractivity contribution in [3.8, 4) is 6.07 Å². The van der Waals surface area contributed by atoms with Gasteiger partial charge in [0.1, 0.15) is 16.4 Å². The van der Waals surface area contributed by atoms with Crippen LogP contribution in [0.25, 0.3) is 0 Å². The van der Waals surface area contributed by atoms with E-state index in [1.54, 1.807) is 0 Å². The first kappa shape index (κ1) is 10.5. The molecule has 0 amide bonds. The minimum absolute atomic E-state index is 0.133. The number of nitrogens with zero attached hydrogens (tertiary/aromatic N) is 2. The number of halogens is 4. The van der Waals surface area contributed by atoms with E-state index in [4.69, 9.17) is 5.26 Å². The van der Waals surface area contributed by atoms with Crippen LogP contribution >= 0.6 is 31.9 Å². The van der Waals surface area contributed by atoms with E-state index < -0.39 is 6.43 Å². The first-order valence-electron chi connectivity index (χ1n) is 3.10. The van der Waals surface area contributed by atoms with Gasteiger partial charge in [-0.25, -0.2) is 13.8 Å². The molecule has 0 aliphatic heterocycles.